The van der Waals surface area contributed by atoms with Crippen LogP contribution in [0.25, 0.3) is 11.0 Å². The fourth-order valence-corrected chi connectivity index (χ4v) is 2.71. The summed E-state index contributed by atoms with van der Waals surface area (Å²) in [5, 5.41) is 0.971. The number of alkyl halides is 2. The molecule has 0 radical (unpaired) electrons. The molecule has 0 saturated carbocycles. The number of halogens is 3. The fourth-order valence-electron chi connectivity index (χ4n) is 2.23. The van der Waals surface area contributed by atoms with Gasteiger partial charge in [-0.2, -0.15) is 0 Å². The van der Waals surface area contributed by atoms with Crippen molar-refractivity contribution in [2.45, 2.75) is 13.5 Å². The molecule has 0 fully saturated rings. The standard InChI is InChI=1S/C15H17Cl2NO2.ClH/c1-11-8-15(19)20-14-3-2-12(9-13(11)14)10-18(6-4-16)7-5-17;/h2-3,8-9H,4-7,10H2,1H3;1H. The van der Waals surface area contributed by atoms with Crippen molar-refractivity contribution in [3.8, 4) is 0 Å². The SMILES string of the molecule is Cc1cc(=O)oc2ccc(CN(CCCl)CCCl)cc12.Cl. The Morgan fingerprint density at radius 2 is 1.81 bits per heavy atom. The van der Waals surface area contributed by atoms with Crippen LogP contribution in [-0.4, -0.2) is 29.7 Å². The van der Waals surface area contributed by atoms with Gasteiger partial charge in [0.1, 0.15) is 5.58 Å². The molecule has 0 bridgehead atoms. The molecule has 1 heterocycles. The number of rotatable bonds is 6. The Kier molecular flexibility index (Phi) is 7.53. The first-order chi connectivity index (χ1) is 9.63. The number of aryl methyl sites for hydroxylation is 1. The van der Waals surface area contributed by atoms with Crippen LogP contribution in [0, 0.1) is 6.92 Å². The first-order valence-electron chi connectivity index (χ1n) is 6.51. The maximum Gasteiger partial charge on any atom is 0.336 e. The van der Waals surface area contributed by atoms with Crippen molar-refractivity contribution in [3.63, 3.8) is 0 Å². The van der Waals surface area contributed by atoms with Crippen LogP contribution in [0.4, 0.5) is 0 Å². The zero-order valence-electron chi connectivity index (χ0n) is 11.8. The lowest BCUT2D eigenvalue weighted by Crippen LogP contribution is -2.27. The van der Waals surface area contributed by atoms with Gasteiger partial charge in [0.2, 0.25) is 0 Å². The predicted octanol–water partition coefficient (Wildman–Crippen LogP) is 3.80. The van der Waals surface area contributed by atoms with Crippen molar-refractivity contribution in [1.82, 2.24) is 4.90 Å². The molecule has 6 heteroatoms. The van der Waals surface area contributed by atoms with Crippen LogP contribution in [0.1, 0.15) is 11.1 Å². The molecule has 2 aromatic rings. The second-order valence-corrected chi connectivity index (χ2v) is 5.49. The maximum absolute atomic E-state index is 11.3. The van der Waals surface area contributed by atoms with Gasteiger partial charge in [-0.1, -0.05) is 6.07 Å². The molecular formula is C15H18Cl3NO2. The van der Waals surface area contributed by atoms with Gasteiger partial charge in [0.05, 0.1) is 0 Å². The Balaban J connectivity index is 0.00000220. The largest absolute Gasteiger partial charge is 0.423 e. The van der Waals surface area contributed by atoms with Gasteiger partial charge in [-0.3, -0.25) is 4.90 Å². The number of benzene rings is 1. The Labute approximate surface area is 140 Å². The first-order valence-corrected chi connectivity index (χ1v) is 7.58. The van der Waals surface area contributed by atoms with E-state index < -0.39 is 0 Å². The van der Waals surface area contributed by atoms with Crippen LogP contribution in [0.3, 0.4) is 0 Å². The molecule has 0 atom stereocenters. The fraction of sp³-hybridized carbons (Fsp3) is 0.400. The van der Waals surface area contributed by atoms with Crippen LogP contribution in [0.5, 0.6) is 0 Å². The second kappa shape index (κ2) is 8.64. The predicted molar refractivity (Wildman–Crippen MR) is 91.2 cm³/mol. The van der Waals surface area contributed by atoms with E-state index in [-0.39, 0.29) is 18.0 Å². The average Bonchev–Trinajstić information content (AvgIpc) is 2.40. The summed E-state index contributed by atoms with van der Waals surface area (Å²) in [5.41, 5.74) is 2.40. The van der Waals surface area contributed by atoms with Gasteiger partial charge >= 0.3 is 5.63 Å². The van der Waals surface area contributed by atoms with E-state index >= 15 is 0 Å². The Bertz CT molecular complexity index is 636. The van der Waals surface area contributed by atoms with E-state index in [1.807, 2.05) is 19.1 Å². The van der Waals surface area contributed by atoms with Gasteiger partial charge in [0.25, 0.3) is 0 Å². The van der Waals surface area contributed by atoms with Crippen molar-refractivity contribution in [1.29, 1.82) is 0 Å². The monoisotopic (exact) mass is 349 g/mol. The van der Waals surface area contributed by atoms with E-state index in [0.717, 1.165) is 36.1 Å². The van der Waals surface area contributed by atoms with Gasteiger partial charge in [0.15, 0.2) is 0 Å². The second-order valence-electron chi connectivity index (χ2n) is 4.73. The third-order valence-electron chi connectivity index (χ3n) is 3.22. The van der Waals surface area contributed by atoms with Gasteiger partial charge in [0, 0.05) is 42.8 Å². The van der Waals surface area contributed by atoms with E-state index in [1.165, 1.54) is 6.07 Å². The Morgan fingerprint density at radius 1 is 1.14 bits per heavy atom. The van der Waals surface area contributed by atoms with Crippen molar-refractivity contribution in [3.05, 3.63) is 45.8 Å². The lowest BCUT2D eigenvalue weighted by atomic mass is 10.1. The Morgan fingerprint density at radius 3 is 2.43 bits per heavy atom. The molecule has 21 heavy (non-hydrogen) atoms. The molecule has 0 N–H and O–H groups in total. The minimum atomic E-state index is -0.311. The summed E-state index contributed by atoms with van der Waals surface area (Å²) in [5.74, 6) is 1.16. The molecule has 0 aliphatic rings. The van der Waals surface area contributed by atoms with Crippen LogP contribution < -0.4 is 5.63 Å². The minimum Gasteiger partial charge on any atom is -0.423 e. The minimum absolute atomic E-state index is 0. The summed E-state index contributed by atoms with van der Waals surface area (Å²) in [6.07, 6.45) is 0. The quantitative estimate of drug-likeness (QED) is 0.587. The zero-order chi connectivity index (χ0) is 14.5. The van der Waals surface area contributed by atoms with E-state index in [2.05, 4.69) is 11.0 Å². The maximum atomic E-state index is 11.3. The van der Waals surface area contributed by atoms with E-state index in [4.69, 9.17) is 27.6 Å². The van der Waals surface area contributed by atoms with Crippen molar-refractivity contribution >= 4 is 46.6 Å². The smallest absolute Gasteiger partial charge is 0.336 e. The highest BCUT2D eigenvalue weighted by molar-refractivity contribution is 6.18. The summed E-state index contributed by atoms with van der Waals surface area (Å²) in [4.78, 5) is 13.5. The van der Waals surface area contributed by atoms with Crippen LogP contribution in [0.2, 0.25) is 0 Å². The van der Waals surface area contributed by atoms with Gasteiger partial charge in [-0.25, -0.2) is 4.79 Å². The molecule has 1 aromatic carbocycles. The molecule has 116 valence electrons. The van der Waals surface area contributed by atoms with Crippen LogP contribution in [0.15, 0.2) is 33.5 Å². The molecule has 0 aliphatic heterocycles. The number of nitrogens with zero attached hydrogens (tertiary/aromatic N) is 1. The summed E-state index contributed by atoms with van der Waals surface area (Å²) in [6.45, 7) is 4.30. The van der Waals surface area contributed by atoms with E-state index in [0.29, 0.717) is 17.3 Å². The first kappa shape index (κ1) is 18.3. The molecular weight excluding hydrogens is 333 g/mol. The third-order valence-corrected chi connectivity index (χ3v) is 3.56. The molecule has 2 rings (SSSR count). The molecule has 0 unspecified atom stereocenters. The molecule has 3 nitrogen and oxygen atoms in total. The van der Waals surface area contributed by atoms with Crippen LogP contribution >= 0.6 is 35.6 Å². The highest BCUT2D eigenvalue weighted by atomic mass is 35.5. The summed E-state index contributed by atoms with van der Waals surface area (Å²) >= 11 is 11.6. The highest BCUT2D eigenvalue weighted by Gasteiger charge is 2.07. The van der Waals surface area contributed by atoms with Crippen molar-refractivity contribution in [2.24, 2.45) is 0 Å². The Hall–Kier alpha value is -0.740. The number of hydrogen-bond acceptors (Lipinski definition) is 3. The molecule has 0 amide bonds. The van der Waals surface area contributed by atoms with Crippen LogP contribution in [-0.2, 0) is 6.54 Å². The summed E-state index contributed by atoms with van der Waals surface area (Å²) in [6, 6.07) is 7.39. The number of fused-ring (bicyclic) bond motifs is 1. The summed E-state index contributed by atoms with van der Waals surface area (Å²) in [7, 11) is 0. The van der Waals surface area contributed by atoms with E-state index in [1.54, 1.807) is 0 Å². The molecule has 0 aliphatic carbocycles. The highest BCUT2D eigenvalue weighted by Crippen LogP contribution is 2.19. The topological polar surface area (TPSA) is 33.5 Å². The summed E-state index contributed by atoms with van der Waals surface area (Å²) < 4.78 is 5.19. The lowest BCUT2D eigenvalue weighted by molar-refractivity contribution is 0.299. The lowest BCUT2D eigenvalue weighted by Gasteiger charge is -2.20. The van der Waals surface area contributed by atoms with Gasteiger partial charge < -0.3 is 4.42 Å². The number of hydrogen-bond donors (Lipinski definition) is 0. The zero-order valence-corrected chi connectivity index (χ0v) is 14.1. The van der Waals surface area contributed by atoms with E-state index in [9.17, 15) is 4.79 Å². The van der Waals surface area contributed by atoms with Crippen molar-refractivity contribution in [2.75, 3.05) is 24.8 Å². The van der Waals surface area contributed by atoms with Crippen molar-refractivity contribution < 1.29 is 4.42 Å². The van der Waals surface area contributed by atoms with Gasteiger partial charge in [-0.05, 0) is 30.2 Å². The molecule has 1 aromatic heterocycles. The van der Waals surface area contributed by atoms with Gasteiger partial charge in [-0.15, -0.1) is 35.6 Å². The molecule has 0 saturated heterocycles. The normalized spacial score (nSPS) is 10.9. The third kappa shape index (κ3) is 4.89. The average molecular weight is 351 g/mol. The molecule has 0 spiro atoms.